The Morgan fingerprint density at radius 1 is 1.13 bits per heavy atom. The molecule has 156 valence electrons. The van der Waals surface area contributed by atoms with E-state index in [1.807, 2.05) is 42.5 Å². The van der Waals surface area contributed by atoms with Gasteiger partial charge >= 0.3 is 0 Å². The fraction of sp³-hybridized carbons (Fsp3) is 0.375. The number of hydrogen-bond acceptors (Lipinski definition) is 4. The maximum absolute atomic E-state index is 12.5. The lowest BCUT2D eigenvalue weighted by atomic mass is 10.1. The topological polar surface area (TPSA) is 74.0 Å². The Bertz CT molecular complexity index is 1040. The number of aryl methyl sites for hydroxylation is 1. The van der Waals surface area contributed by atoms with E-state index >= 15 is 0 Å². The molecule has 0 saturated heterocycles. The maximum atomic E-state index is 12.5. The van der Waals surface area contributed by atoms with Crippen LogP contribution < -0.4 is 5.32 Å². The molecule has 1 heterocycles. The van der Waals surface area contributed by atoms with Crippen LogP contribution >= 0.6 is 0 Å². The van der Waals surface area contributed by atoms with Crippen molar-refractivity contribution < 1.29 is 4.79 Å². The minimum absolute atomic E-state index is 0.0607. The van der Waals surface area contributed by atoms with Gasteiger partial charge in [-0.05, 0) is 49.8 Å². The zero-order chi connectivity index (χ0) is 21.5. The average molecular weight is 404 g/mol. The van der Waals surface area contributed by atoms with Crippen LogP contribution in [0.4, 0.5) is 0 Å². The lowest BCUT2D eigenvalue weighted by molar-refractivity contribution is 0.0949. The molecular weight excluding hydrogens is 374 g/mol. The van der Waals surface area contributed by atoms with Crippen LogP contribution in [0, 0.1) is 11.3 Å². The first-order chi connectivity index (χ1) is 14.6. The molecule has 0 saturated carbocycles. The number of nitriles is 1. The van der Waals surface area contributed by atoms with Crippen LogP contribution in [0.15, 0.2) is 42.5 Å². The van der Waals surface area contributed by atoms with Gasteiger partial charge in [0.15, 0.2) is 0 Å². The number of hydrogen-bond donors (Lipinski definition) is 1. The third-order valence-electron chi connectivity index (χ3n) is 5.34. The van der Waals surface area contributed by atoms with E-state index in [0.717, 1.165) is 55.0 Å². The van der Waals surface area contributed by atoms with Gasteiger partial charge in [-0.2, -0.15) is 5.26 Å². The summed E-state index contributed by atoms with van der Waals surface area (Å²) in [6, 6.07) is 15.4. The normalized spacial score (nSPS) is 11.0. The molecular formula is C24H29N5O. The standard InChI is InChI=1S/C24H29N5O/c1-4-14-29-22-12-7-18(17-25)16-21(22)27-23(29)19-8-10-20(11-9-19)24(30)26-13-15-28(5-2)6-3/h7-12,16H,4-6,13-15H2,1-3H3,(H,26,30). The molecule has 0 unspecified atom stereocenters. The second kappa shape index (κ2) is 10.0. The van der Waals surface area contributed by atoms with Crippen molar-refractivity contribution in [1.29, 1.82) is 5.26 Å². The molecule has 0 aliphatic heterocycles. The van der Waals surface area contributed by atoms with Crippen molar-refractivity contribution >= 4 is 16.9 Å². The van der Waals surface area contributed by atoms with Crippen molar-refractivity contribution in [2.45, 2.75) is 33.7 Å². The third-order valence-corrected chi connectivity index (χ3v) is 5.34. The van der Waals surface area contributed by atoms with E-state index in [0.29, 0.717) is 17.7 Å². The summed E-state index contributed by atoms with van der Waals surface area (Å²) in [5, 5.41) is 12.2. The number of amides is 1. The Kier molecular flexibility index (Phi) is 7.21. The van der Waals surface area contributed by atoms with Crippen molar-refractivity contribution in [2.75, 3.05) is 26.2 Å². The fourth-order valence-electron chi connectivity index (χ4n) is 3.61. The monoisotopic (exact) mass is 403 g/mol. The minimum Gasteiger partial charge on any atom is -0.351 e. The Morgan fingerprint density at radius 2 is 1.87 bits per heavy atom. The van der Waals surface area contributed by atoms with Crippen molar-refractivity contribution in [3.63, 3.8) is 0 Å². The molecule has 6 heteroatoms. The number of imidazole rings is 1. The van der Waals surface area contributed by atoms with Gasteiger partial charge in [-0.25, -0.2) is 4.98 Å². The highest BCUT2D eigenvalue weighted by Gasteiger charge is 2.14. The Labute approximate surface area is 178 Å². The lowest BCUT2D eigenvalue weighted by Crippen LogP contribution is -2.34. The number of benzene rings is 2. The molecule has 0 aliphatic carbocycles. The van der Waals surface area contributed by atoms with Gasteiger partial charge in [0, 0.05) is 30.8 Å². The molecule has 0 fully saturated rings. The summed E-state index contributed by atoms with van der Waals surface area (Å²) in [6.45, 7) is 10.7. The fourth-order valence-corrected chi connectivity index (χ4v) is 3.61. The SMILES string of the molecule is CCCn1c(-c2ccc(C(=O)NCCN(CC)CC)cc2)nc2cc(C#N)ccc21. The molecule has 30 heavy (non-hydrogen) atoms. The molecule has 0 spiro atoms. The Balaban J connectivity index is 1.80. The van der Waals surface area contributed by atoms with E-state index in [2.05, 4.69) is 41.6 Å². The zero-order valence-corrected chi connectivity index (χ0v) is 18.0. The van der Waals surface area contributed by atoms with Gasteiger partial charge in [0.25, 0.3) is 5.91 Å². The van der Waals surface area contributed by atoms with Crippen LogP contribution in [0.5, 0.6) is 0 Å². The molecule has 3 rings (SSSR count). The number of aromatic nitrogens is 2. The summed E-state index contributed by atoms with van der Waals surface area (Å²) in [5.41, 5.74) is 4.03. The molecule has 3 aromatic rings. The van der Waals surface area contributed by atoms with Crippen LogP contribution in [0.3, 0.4) is 0 Å². The van der Waals surface area contributed by atoms with E-state index in [-0.39, 0.29) is 5.91 Å². The maximum Gasteiger partial charge on any atom is 0.251 e. The van der Waals surface area contributed by atoms with Crippen molar-refractivity contribution in [3.05, 3.63) is 53.6 Å². The first-order valence-corrected chi connectivity index (χ1v) is 10.6. The molecule has 0 bridgehead atoms. The summed E-state index contributed by atoms with van der Waals surface area (Å²) >= 11 is 0. The summed E-state index contributed by atoms with van der Waals surface area (Å²) in [7, 11) is 0. The molecule has 1 amide bonds. The number of carbonyl (C=O) groups is 1. The smallest absolute Gasteiger partial charge is 0.251 e. The number of nitrogens with zero attached hydrogens (tertiary/aromatic N) is 4. The number of rotatable bonds is 9. The van der Waals surface area contributed by atoms with Gasteiger partial charge in [0.2, 0.25) is 0 Å². The van der Waals surface area contributed by atoms with Crippen LogP contribution in [0.25, 0.3) is 22.4 Å². The van der Waals surface area contributed by atoms with Crippen LogP contribution in [0.2, 0.25) is 0 Å². The number of likely N-dealkylation sites (N-methyl/N-ethyl adjacent to an activating group) is 1. The van der Waals surface area contributed by atoms with E-state index < -0.39 is 0 Å². The molecule has 0 aliphatic rings. The molecule has 1 aromatic heterocycles. The van der Waals surface area contributed by atoms with E-state index in [1.54, 1.807) is 0 Å². The van der Waals surface area contributed by atoms with Gasteiger partial charge in [0.05, 0.1) is 22.7 Å². The first kappa shape index (κ1) is 21.5. The lowest BCUT2D eigenvalue weighted by Gasteiger charge is -2.18. The highest BCUT2D eigenvalue weighted by Crippen LogP contribution is 2.26. The molecule has 0 atom stereocenters. The Morgan fingerprint density at radius 3 is 2.50 bits per heavy atom. The second-order valence-corrected chi connectivity index (χ2v) is 7.26. The average Bonchev–Trinajstić information content (AvgIpc) is 3.14. The summed E-state index contributed by atoms with van der Waals surface area (Å²) in [5.74, 6) is 0.796. The zero-order valence-electron chi connectivity index (χ0n) is 18.0. The highest BCUT2D eigenvalue weighted by molar-refractivity contribution is 5.94. The van der Waals surface area contributed by atoms with Gasteiger partial charge in [-0.15, -0.1) is 0 Å². The number of nitrogens with one attached hydrogen (secondary N) is 1. The largest absolute Gasteiger partial charge is 0.351 e. The van der Waals surface area contributed by atoms with Crippen molar-refractivity contribution in [3.8, 4) is 17.5 Å². The van der Waals surface area contributed by atoms with Crippen molar-refractivity contribution in [1.82, 2.24) is 19.8 Å². The van der Waals surface area contributed by atoms with E-state index in [1.165, 1.54) is 0 Å². The van der Waals surface area contributed by atoms with Gasteiger partial charge in [0.1, 0.15) is 5.82 Å². The predicted molar refractivity (Wildman–Crippen MR) is 120 cm³/mol. The predicted octanol–water partition coefficient (Wildman–Crippen LogP) is 4.06. The summed E-state index contributed by atoms with van der Waals surface area (Å²) in [6.07, 6.45) is 0.978. The minimum atomic E-state index is -0.0607. The van der Waals surface area contributed by atoms with E-state index in [4.69, 9.17) is 4.98 Å². The third kappa shape index (κ3) is 4.69. The van der Waals surface area contributed by atoms with Crippen LogP contribution in [-0.2, 0) is 6.54 Å². The number of carbonyl (C=O) groups excluding carboxylic acids is 1. The summed E-state index contributed by atoms with van der Waals surface area (Å²) < 4.78 is 2.18. The molecule has 1 N–H and O–H groups in total. The first-order valence-electron chi connectivity index (χ1n) is 10.6. The van der Waals surface area contributed by atoms with Crippen LogP contribution in [0.1, 0.15) is 43.1 Å². The number of fused-ring (bicyclic) bond motifs is 1. The second-order valence-electron chi connectivity index (χ2n) is 7.26. The van der Waals surface area contributed by atoms with E-state index in [9.17, 15) is 10.1 Å². The van der Waals surface area contributed by atoms with Gasteiger partial charge < -0.3 is 14.8 Å². The quantitative estimate of drug-likeness (QED) is 0.585. The van der Waals surface area contributed by atoms with Crippen molar-refractivity contribution in [2.24, 2.45) is 0 Å². The summed E-state index contributed by atoms with van der Waals surface area (Å²) in [4.78, 5) is 19.5. The van der Waals surface area contributed by atoms with Gasteiger partial charge in [-0.1, -0.05) is 32.9 Å². The Hall–Kier alpha value is -3.17. The highest BCUT2D eigenvalue weighted by atomic mass is 16.1. The van der Waals surface area contributed by atoms with Crippen LogP contribution in [-0.4, -0.2) is 46.5 Å². The van der Waals surface area contributed by atoms with Gasteiger partial charge in [-0.3, -0.25) is 4.79 Å². The molecule has 2 aromatic carbocycles. The molecule has 6 nitrogen and oxygen atoms in total. The molecule has 0 radical (unpaired) electrons.